The molecule has 0 fully saturated rings. The third kappa shape index (κ3) is 7.28. The van der Waals surface area contributed by atoms with Gasteiger partial charge in [0.15, 0.2) is 0 Å². The van der Waals surface area contributed by atoms with Crippen molar-refractivity contribution in [3.8, 4) is 5.75 Å². The highest BCUT2D eigenvalue weighted by Gasteiger charge is 2.13. The van der Waals surface area contributed by atoms with Crippen LogP contribution in [0.5, 0.6) is 5.75 Å². The second kappa shape index (κ2) is 9.38. The fraction of sp³-hybridized carbons (Fsp3) is 0.316. The third-order valence-corrected chi connectivity index (χ3v) is 4.09. The van der Waals surface area contributed by atoms with Gasteiger partial charge in [0.05, 0.1) is 17.5 Å². The van der Waals surface area contributed by atoms with E-state index < -0.39 is 15.9 Å². The lowest BCUT2D eigenvalue weighted by Gasteiger charge is -2.12. The number of para-hydroxylation sites is 1. The minimum atomic E-state index is -3.48. The Balaban J connectivity index is 1.98. The number of anilines is 2. The van der Waals surface area contributed by atoms with Crippen LogP contribution in [-0.2, 0) is 10.0 Å². The summed E-state index contributed by atoms with van der Waals surface area (Å²) in [5.41, 5.74) is 1.06. The molecule has 8 heteroatoms. The molecular formula is C19H25N3O4S. The van der Waals surface area contributed by atoms with Gasteiger partial charge in [-0.2, -0.15) is 0 Å². The van der Waals surface area contributed by atoms with E-state index in [9.17, 15) is 13.2 Å². The number of amides is 1. The quantitative estimate of drug-likeness (QED) is 0.571. The van der Waals surface area contributed by atoms with Gasteiger partial charge >= 0.3 is 0 Å². The first-order valence-electron chi connectivity index (χ1n) is 8.59. The predicted octanol–water partition coefficient (Wildman–Crippen LogP) is 2.69. The molecule has 3 N–H and O–H groups in total. The zero-order valence-corrected chi connectivity index (χ0v) is 16.5. The van der Waals surface area contributed by atoms with Gasteiger partial charge in [0.1, 0.15) is 12.4 Å². The number of hydrogen-bond acceptors (Lipinski definition) is 5. The number of nitrogens with one attached hydrogen (secondary N) is 3. The predicted molar refractivity (Wildman–Crippen MR) is 108 cm³/mol. The molecule has 0 saturated carbocycles. The molecule has 7 nitrogen and oxygen atoms in total. The van der Waals surface area contributed by atoms with E-state index >= 15 is 0 Å². The van der Waals surface area contributed by atoms with E-state index in [2.05, 4.69) is 29.2 Å². The van der Waals surface area contributed by atoms with Crippen molar-refractivity contribution in [2.24, 2.45) is 0 Å². The maximum absolute atomic E-state index is 12.5. The second-order valence-electron chi connectivity index (χ2n) is 6.36. The maximum atomic E-state index is 12.5. The molecular weight excluding hydrogens is 366 g/mol. The Morgan fingerprint density at radius 3 is 2.37 bits per heavy atom. The summed E-state index contributed by atoms with van der Waals surface area (Å²) in [6.07, 6.45) is 1.04. The highest BCUT2D eigenvalue weighted by molar-refractivity contribution is 7.92. The zero-order valence-electron chi connectivity index (χ0n) is 15.7. The molecule has 0 atom stereocenters. The second-order valence-corrected chi connectivity index (χ2v) is 8.10. The van der Waals surface area contributed by atoms with E-state index in [-0.39, 0.29) is 11.3 Å². The molecule has 0 aliphatic heterocycles. The number of benzene rings is 2. The van der Waals surface area contributed by atoms with Crippen molar-refractivity contribution in [1.82, 2.24) is 5.32 Å². The van der Waals surface area contributed by atoms with Crippen LogP contribution in [0.4, 0.5) is 11.4 Å². The number of rotatable bonds is 9. The summed E-state index contributed by atoms with van der Waals surface area (Å²) in [6.45, 7) is 5.44. The van der Waals surface area contributed by atoms with Crippen LogP contribution >= 0.6 is 0 Å². The molecule has 2 aromatic carbocycles. The lowest BCUT2D eigenvalue weighted by atomic mass is 10.1. The van der Waals surface area contributed by atoms with Crippen LogP contribution in [0.3, 0.4) is 0 Å². The summed E-state index contributed by atoms with van der Waals surface area (Å²) in [5.74, 6) is 0.300. The molecule has 0 aliphatic carbocycles. The maximum Gasteiger partial charge on any atom is 0.257 e. The van der Waals surface area contributed by atoms with Crippen LogP contribution in [-0.4, -0.2) is 39.8 Å². The summed E-state index contributed by atoms with van der Waals surface area (Å²) >= 11 is 0. The fourth-order valence-electron chi connectivity index (χ4n) is 2.32. The Morgan fingerprint density at radius 1 is 1.07 bits per heavy atom. The van der Waals surface area contributed by atoms with Crippen molar-refractivity contribution in [2.45, 2.75) is 19.9 Å². The average Bonchev–Trinajstić information content (AvgIpc) is 2.59. The van der Waals surface area contributed by atoms with Gasteiger partial charge in [0, 0.05) is 18.3 Å². The van der Waals surface area contributed by atoms with E-state index in [4.69, 9.17) is 4.74 Å². The van der Waals surface area contributed by atoms with Gasteiger partial charge in [-0.05, 0) is 36.4 Å². The molecule has 0 aromatic heterocycles. The Hall–Kier alpha value is -2.58. The summed E-state index contributed by atoms with van der Waals surface area (Å²) in [4.78, 5) is 12.5. The van der Waals surface area contributed by atoms with Crippen molar-refractivity contribution < 1.29 is 17.9 Å². The zero-order chi connectivity index (χ0) is 19.9. The highest BCUT2D eigenvalue weighted by atomic mass is 32.2. The molecule has 2 rings (SSSR count). The number of carbonyl (C=O) groups is 1. The summed E-state index contributed by atoms with van der Waals surface area (Å²) in [6, 6.07) is 13.8. The normalized spacial score (nSPS) is 11.3. The monoisotopic (exact) mass is 391 g/mol. The Morgan fingerprint density at radius 2 is 1.74 bits per heavy atom. The van der Waals surface area contributed by atoms with Gasteiger partial charge in [0.2, 0.25) is 10.0 Å². The van der Waals surface area contributed by atoms with Gasteiger partial charge < -0.3 is 15.4 Å². The molecule has 0 unspecified atom stereocenters. The first-order valence-corrected chi connectivity index (χ1v) is 10.5. The van der Waals surface area contributed by atoms with E-state index in [0.29, 0.717) is 24.1 Å². The molecule has 0 radical (unpaired) electrons. The Labute approximate surface area is 160 Å². The van der Waals surface area contributed by atoms with E-state index in [1.165, 1.54) is 6.07 Å². The van der Waals surface area contributed by atoms with E-state index in [1.54, 1.807) is 42.5 Å². The largest absolute Gasteiger partial charge is 0.492 e. The standard InChI is InChI=1S/C19H25N3O4S/c1-14(2)20-12-13-26-16-10-8-15(9-11-16)21-19(23)17-6-4-5-7-18(17)22-27(3,24)25/h4-11,14,20,22H,12-13H2,1-3H3,(H,21,23). The van der Waals surface area contributed by atoms with Crippen molar-refractivity contribution in [1.29, 1.82) is 0 Å². The molecule has 0 saturated heterocycles. The van der Waals surface area contributed by atoms with Gasteiger partial charge in [-0.15, -0.1) is 0 Å². The van der Waals surface area contributed by atoms with Crippen LogP contribution < -0.4 is 20.1 Å². The lowest BCUT2D eigenvalue weighted by molar-refractivity contribution is 0.102. The first kappa shape index (κ1) is 20.7. The molecule has 1 amide bonds. The lowest BCUT2D eigenvalue weighted by Crippen LogP contribution is -2.27. The minimum absolute atomic E-state index is 0.232. The van der Waals surface area contributed by atoms with Crippen molar-refractivity contribution in [3.63, 3.8) is 0 Å². The number of sulfonamides is 1. The summed E-state index contributed by atoms with van der Waals surface area (Å²) in [7, 11) is -3.48. The number of hydrogen-bond donors (Lipinski definition) is 3. The van der Waals surface area contributed by atoms with Crippen LogP contribution in [0, 0.1) is 0 Å². The molecule has 0 heterocycles. The molecule has 27 heavy (non-hydrogen) atoms. The van der Waals surface area contributed by atoms with Crippen LogP contribution in [0.1, 0.15) is 24.2 Å². The summed E-state index contributed by atoms with van der Waals surface area (Å²) in [5, 5.41) is 6.01. The number of ether oxygens (including phenoxy) is 1. The molecule has 0 spiro atoms. The van der Waals surface area contributed by atoms with Crippen LogP contribution in [0.15, 0.2) is 48.5 Å². The third-order valence-electron chi connectivity index (χ3n) is 3.50. The van der Waals surface area contributed by atoms with Crippen molar-refractivity contribution in [2.75, 3.05) is 29.4 Å². The fourth-order valence-corrected chi connectivity index (χ4v) is 2.90. The van der Waals surface area contributed by atoms with Crippen molar-refractivity contribution >= 4 is 27.3 Å². The summed E-state index contributed by atoms with van der Waals surface area (Å²) < 4.78 is 30.9. The van der Waals surface area contributed by atoms with Crippen molar-refractivity contribution in [3.05, 3.63) is 54.1 Å². The van der Waals surface area contributed by atoms with E-state index in [0.717, 1.165) is 12.8 Å². The van der Waals surface area contributed by atoms with Gasteiger partial charge in [-0.1, -0.05) is 26.0 Å². The average molecular weight is 391 g/mol. The topological polar surface area (TPSA) is 96.5 Å². The molecule has 146 valence electrons. The Kier molecular flexibility index (Phi) is 7.20. The number of carbonyl (C=O) groups excluding carboxylic acids is 1. The van der Waals surface area contributed by atoms with Gasteiger partial charge in [0.25, 0.3) is 5.91 Å². The smallest absolute Gasteiger partial charge is 0.257 e. The first-order chi connectivity index (χ1) is 12.7. The molecule has 0 aliphatic rings. The Bertz CT molecular complexity index is 865. The van der Waals surface area contributed by atoms with Crippen LogP contribution in [0.2, 0.25) is 0 Å². The van der Waals surface area contributed by atoms with Gasteiger partial charge in [-0.3, -0.25) is 9.52 Å². The van der Waals surface area contributed by atoms with E-state index in [1.807, 2.05) is 0 Å². The van der Waals surface area contributed by atoms with Crippen LogP contribution in [0.25, 0.3) is 0 Å². The molecule has 0 bridgehead atoms. The van der Waals surface area contributed by atoms with Gasteiger partial charge in [-0.25, -0.2) is 8.42 Å². The highest BCUT2D eigenvalue weighted by Crippen LogP contribution is 2.20. The SMILES string of the molecule is CC(C)NCCOc1ccc(NC(=O)c2ccccc2NS(C)(=O)=O)cc1. The minimum Gasteiger partial charge on any atom is -0.492 e. The molecule has 2 aromatic rings.